The second kappa shape index (κ2) is 7.42. The molecule has 0 saturated carbocycles. The molecule has 1 aliphatic rings. The Morgan fingerprint density at radius 2 is 1.74 bits per heavy atom. The number of hydrogen-bond donors (Lipinski definition) is 0. The van der Waals surface area contributed by atoms with Gasteiger partial charge in [0.1, 0.15) is 0 Å². The van der Waals surface area contributed by atoms with Crippen molar-refractivity contribution in [2.75, 3.05) is 26.3 Å². The second-order valence-corrected chi connectivity index (χ2v) is 7.54. The van der Waals surface area contributed by atoms with E-state index in [1.165, 1.54) is 12.1 Å². The van der Waals surface area contributed by atoms with E-state index in [4.69, 9.17) is 8.92 Å². The van der Waals surface area contributed by atoms with Crippen LogP contribution in [0.3, 0.4) is 0 Å². The number of ether oxygens (including phenoxy) is 1. The number of nitrogens with zero attached hydrogens (tertiary/aromatic N) is 1. The van der Waals surface area contributed by atoms with Crippen LogP contribution in [0.2, 0.25) is 0 Å². The molecule has 0 spiro atoms. The maximum atomic E-state index is 12.6. The molecular formula is C16H23NO5S. The highest BCUT2D eigenvalue weighted by molar-refractivity contribution is 7.86. The summed E-state index contributed by atoms with van der Waals surface area (Å²) in [5, 5.41) is 0. The van der Waals surface area contributed by atoms with Gasteiger partial charge in [-0.25, -0.2) is 0 Å². The first kappa shape index (κ1) is 17.9. The molecule has 128 valence electrons. The van der Waals surface area contributed by atoms with E-state index >= 15 is 0 Å². The molecule has 1 aromatic rings. The van der Waals surface area contributed by atoms with Crippen molar-refractivity contribution in [3.05, 3.63) is 29.8 Å². The SMILES string of the molecule is Cc1ccc(S(=O)(=O)O[C@H](C(=O)N2CCOCC2)C(C)C)cc1. The number of rotatable bonds is 5. The van der Waals surface area contributed by atoms with Gasteiger partial charge < -0.3 is 9.64 Å². The predicted octanol–water partition coefficient (Wildman–Crippen LogP) is 1.58. The van der Waals surface area contributed by atoms with Crippen LogP contribution in [-0.2, 0) is 23.8 Å². The Balaban J connectivity index is 2.17. The Hall–Kier alpha value is -1.44. The van der Waals surface area contributed by atoms with E-state index < -0.39 is 16.2 Å². The fourth-order valence-corrected chi connectivity index (χ4v) is 3.46. The summed E-state index contributed by atoms with van der Waals surface area (Å²) in [6, 6.07) is 6.37. The van der Waals surface area contributed by atoms with Gasteiger partial charge in [-0.3, -0.25) is 8.98 Å². The third-order valence-electron chi connectivity index (χ3n) is 3.71. The lowest BCUT2D eigenvalue weighted by molar-refractivity contribution is -0.144. The zero-order valence-electron chi connectivity index (χ0n) is 13.7. The van der Waals surface area contributed by atoms with Crippen molar-refractivity contribution in [2.24, 2.45) is 5.92 Å². The first-order chi connectivity index (χ1) is 10.8. The van der Waals surface area contributed by atoms with Crippen molar-refractivity contribution in [3.8, 4) is 0 Å². The monoisotopic (exact) mass is 341 g/mol. The van der Waals surface area contributed by atoms with E-state index in [0.717, 1.165) is 5.56 Å². The minimum atomic E-state index is -3.98. The van der Waals surface area contributed by atoms with Gasteiger partial charge in [-0.15, -0.1) is 0 Å². The van der Waals surface area contributed by atoms with Crippen LogP contribution in [0.4, 0.5) is 0 Å². The number of morpholine rings is 1. The summed E-state index contributed by atoms with van der Waals surface area (Å²) in [6.45, 7) is 7.24. The highest BCUT2D eigenvalue weighted by Crippen LogP contribution is 2.20. The Labute approximate surface area is 137 Å². The number of amides is 1. The maximum Gasteiger partial charge on any atom is 0.297 e. The third kappa shape index (κ3) is 4.53. The van der Waals surface area contributed by atoms with Crippen molar-refractivity contribution in [1.82, 2.24) is 4.90 Å². The minimum absolute atomic E-state index is 0.0588. The largest absolute Gasteiger partial charge is 0.378 e. The van der Waals surface area contributed by atoms with E-state index in [0.29, 0.717) is 26.3 Å². The number of benzene rings is 1. The standard InChI is InChI=1S/C16H23NO5S/c1-12(2)15(16(18)17-8-10-21-11-9-17)22-23(19,20)14-6-4-13(3)5-7-14/h4-7,12,15H,8-11H2,1-3H3/t15-/m0/s1. The molecule has 0 unspecified atom stereocenters. The average Bonchev–Trinajstić information content (AvgIpc) is 2.53. The van der Waals surface area contributed by atoms with Crippen molar-refractivity contribution in [2.45, 2.75) is 31.8 Å². The minimum Gasteiger partial charge on any atom is -0.378 e. The van der Waals surface area contributed by atoms with Gasteiger partial charge in [0.25, 0.3) is 16.0 Å². The summed E-state index contributed by atoms with van der Waals surface area (Å²) >= 11 is 0. The van der Waals surface area contributed by atoms with Gasteiger partial charge in [-0.1, -0.05) is 31.5 Å². The molecule has 1 heterocycles. The molecule has 1 amide bonds. The normalized spacial score (nSPS) is 17.3. The molecule has 6 nitrogen and oxygen atoms in total. The topological polar surface area (TPSA) is 72.9 Å². The highest BCUT2D eigenvalue weighted by atomic mass is 32.2. The molecule has 7 heteroatoms. The van der Waals surface area contributed by atoms with Gasteiger partial charge in [-0.05, 0) is 25.0 Å². The van der Waals surface area contributed by atoms with Crippen molar-refractivity contribution >= 4 is 16.0 Å². The molecule has 1 aromatic carbocycles. The first-order valence-corrected chi connectivity index (χ1v) is 9.08. The molecule has 2 rings (SSSR count). The number of hydrogen-bond acceptors (Lipinski definition) is 5. The number of carbonyl (C=O) groups excluding carboxylic acids is 1. The van der Waals surface area contributed by atoms with Crippen LogP contribution < -0.4 is 0 Å². The van der Waals surface area contributed by atoms with E-state index in [-0.39, 0.29) is 16.7 Å². The zero-order valence-corrected chi connectivity index (χ0v) is 14.5. The van der Waals surface area contributed by atoms with E-state index in [9.17, 15) is 13.2 Å². The molecule has 0 N–H and O–H groups in total. The number of aryl methyl sites for hydroxylation is 1. The van der Waals surface area contributed by atoms with Crippen LogP contribution in [0, 0.1) is 12.8 Å². The molecule has 1 aliphatic heterocycles. The summed E-state index contributed by atoms with van der Waals surface area (Å²) in [5.74, 6) is -0.565. The van der Waals surface area contributed by atoms with Gasteiger partial charge >= 0.3 is 0 Å². The zero-order chi connectivity index (χ0) is 17.0. The van der Waals surface area contributed by atoms with Gasteiger partial charge in [0.15, 0.2) is 6.10 Å². The second-order valence-electron chi connectivity index (χ2n) is 5.97. The van der Waals surface area contributed by atoms with Crippen molar-refractivity contribution in [3.63, 3.8) is 0 Å². The Morgan fingerprint density at radius 3 is 2.26 bits per heavy atom. The van der Waals surface area contributed by atoms with Crippen LogP contribution in [0.1, 0.15) is 19.4 Å². The summed E-state index contributed by atoms with van der Waals surface area (Å²) in [7, 11) is -3.98. The van der Waals surface area contributed by atoms with Gasteiger partial charge in [0, 0.05) is 13.1 Å². The fourth-order valence-electron chi connectivity index (χ4n) is 2.30. The summed E-state index contributed by atoms with van der Waals surface area (Å²) < 4.78 is 35.4. The molecule has 0 bridgehead atoms. The van der Waals surface area contributed by atoms with Crippen molar-refractivity contribution < 1.29 is 22.1 Å². The van der Waals surface area contributed by atoms with Crippen LogP contribution >= 0.6 is 0 Å². The molecular weight excluding hydrogens is 318 g/mol. The quantitative estimate of drug-likeness (QED) is 0.761. The maximum absolute atomic E-state index is 12.6. The highest BCUT2D eigenvalue weighted by Gasteiger charge is 2.33. The lowest BCUT2D eigenvalue weighted by Crippen LogP contribution is -2.48. The van der Waals surface area contributed by atoms with Crippen LogP contribution in [0.5, 0.6) is 0 Å². The van der Waals surface area contributed by atoms with Crippen LogP contribution in [0.15, 0.2) is 29.2 Å². The van der Waals surface area contributed by atoms with Gasteiger partial charge in [0.05, 0.1) is 18.1 Å². The molecule has 1 saturated heterocycles. The summed E-state index contributed by atoms with van der Waals surface area (Å²) in [4.78, 5) is 14.2. The Bertz CT molecular complexity index is 633. The van der Waals surface area contributed by atoms with Gasteiger partial charge in [-0.2, -0.15) is 8.42 Å². The number of carbonyl (C=O) groups is 1. The van der Waals surface area contributed by atoms with Crippen molar-refractivity contribution in [1.29, 1.82) is 0 Å². The molecule has 23 heavy (non-hydrogen) atoms. The molecule has 0 radical (unpaired) electrons. The van der Waals surface area contributed by atoms with E-state index in [1.54, 1.807) is 30.9 Å². The summed E-state index contributed by atoms with van der Waals surface area (Å²) in [5.41, 5.74) is 0.953. The molecule has 0 aliphatic carbocycles. The van der Waals surface area contributed by atoms with Crippen LogP contribution in [0.25, 0.3) is 0 Å². The lowest BCUT2D eigenvalue weighted by Gasteiger charge is -2.31. The van der Waals surface area contributed by atoms with Gasteiger partial charge in [0.2, 0.25) is 0 Å². The smallest absolute Gasteiger partial charge is 0.297 e. The lowest BCUT2D eigenvalue weighted by atomic mass is 10.1. The van der Waals surface area contributed by atoms with E-state index in [1.807, 2.05) is 6.92 Å². The summed E-state index contributed by atoms with van der Waals surface area (Å²) in [6.07, 6.45) is -1.03. The fraction of sp³-hybridized carbons (Fsp3) is 0.562. The van der Waals surface area contributed by atoms with E-state index in [2.05, 4.69) is 0 Å². The Kier molecular flexibility index (Phi) is 5.78. The molecule has 0 aromatic heterocycles. The molecule has 1 atom stereocenters. The third-order valence-corrected chi connectivity index (χ3v) is 5.02. The average molecular weight is 341 g/mol. The molecule has 1 fully saturated rings. The first-order valence-electron chi connectivity index (χ1n) is 7.68. The Morgan fingerprint density at radius 1 is 1.17 bits per heavy atom. The van der Waals surface area contributed by atoms with Crippen LogP contribution in [-0.4, -0.2) is 51.6 Å². The predicted molar refractivity (Wildman–Crippen MR) is 85.5 cm³/mol.